The minimum Gasteiger partial charge on any atom is -0.493 e. The van der Waals surface area contributed by atoms with Crippen molar-refractivity contribution < 1.29 is 14.3 Å². The second-order valence-corrected chi connectivity index (χ2v) is 5.69. The molecule has 0 amide bonds. The molecule has 0 unspecified atom stereocenters. The quantitative estimate of drug-likeness (QED) is 0.606. The van der Waals surface area contributed by atoms with E-state index in [1.54, 1.807) is 20.3 Å². The number of hydrogen-bond donors (Lipinski definition) is 0. The Bertz CT molecular complexity index is 561. The maximum atomic E-state index is 10.8. The highest BCUT2D eigenvalue weighted by Gasteiger charge is 2.41. The maximum absolute atomic E-state index is 10.8. The molecule has 0 aliphatic heterocycles. The first-order valence-electron chi connectivity index (χ1n) is 6.66. The molecule has 1 aromatic carbocycles. The van der Waals surface area contributed by atoms with Crippen LogP contribution in [-0.2, 0) is 16.8 Å². The minimum atomic E-state index is -0.435. The smallest absolute Gasteiger partial charge is 0.235 e. The molecule has 0 N–H and O–H groups in total. The molecule has 0 bridgehead atoms. The van der Waals surface area contributed by atoms with E-state index in [0.29, 0.717) is 11.5 Å². The van der Waals surface area contributed by atoms with Crippen LogP contribution in [0.15, 0.2) is 15.5 Å². The zero-order chi connectivity index (χ0) is 14.8. The van der Waals surface area contributed by atoms with Gasteiger partial charge in [-0.15, -0.1) is 0 Å². The molecule has 1 aromatic rings. The maximum Gasteiger partial charge on any atom is 0.235 e. The van der Waals surface area contributed by atoms with Gasteiger partial charge in [-0.1, -0.05) is 6.92 Å². The van der Waals surface area contributed by atoms with Crippen LogP contribution in [0, 0.1) is 0 Å². The SMILES string of the molecule is CCc1c(C2(N=C=O)CCC2)cc(OC)c(OC)c1Br. The molecule has 2 rings (SSSR count). The van der Waals surface area contributed by atoms with Crippen molar-refractivity contribution in [2.75, 3.05) is 14.2 Å². The molecule has 5 heteroatoms. The van der Waals surface area contributed by atoms with E-state index < -0.39 is 5.54 Å². The third kappa shape index (κ3) is 2.25. The summed E-state index contributed by atoms with van der Waals surface area (Å²) in [5, 5.41) is 0. The van der Waals surface area contributed by atoms with Crippen molar-refractivity contribution in [2.24, 2.45) is 4.99 Å². The van der Waals surface area contributed by atoms with Crippen LogP contribution in [0.1, 0.15) is 37.3 Å². The van der Waals surface area contributed by atoms with E-state index in [1.807, 2.05) is 6.07 Å². The predicted octanol–water partition coefficient (Wildman–Crippen LogP) is 3.74. The van der Waals surface area contributed by atoms with E-state index in [-0.39, 0.29) is 0 Å². The number of methoxy groups -OCH3 is 2. The first kappa shape index (κ1) is 15.1. The summed E-state index contributed by atoms with van der Waals surface area (Å²) >= 11 is 3.60. The molecular formula is C15H18BrNO3. The van der Waals surface area contributed by atoms with Gasteiger partial charge in [0.1, 0.15) is 0 Å². The molecule has 0 atom stereocenters. The number of carbonyl (C=O) groups excluding carboxylic acids is 1. The van der Waals surface area contributed by atoms with Gasteiger partial charge in [0.2, 0.25) is 6.08 Å². The minimum absolute atomic E-state index is 0.435. The summed E-state index contributed by atoms with van der Waals surface area (Å²) in [6, 6.07) is 1.95. The number of aliphatic imine (C=N–C) groups is 1. The average Bonchev–Trinajstić information content (AvgIpc) is 2.41. The Labute approximate surface area is 127 Å². The zero-order valence-electron chi connectivity index (χ0n) is 12.0. The van der Waals surface area contributed by atoms with E-state index in [0.717, 1.165) is 41.3 Å². The standard InChI is InChI=1S/C15H18BrNO3/c1-4-10-11(15(17-9-18)6-5-7-15)8-12(19-2)14(20-3)13(10)16/h8H,4-7H2,1-3H3. The van der Waals surface area contributed by atoms with Gasteiger partial charge >= 0.3 is 0 Å². The number of ether oxygens (including phenoxy) is 2. The number of nitrogens with zero attached hydrogens (tertiary/aromatic N) is 1. The summed E-state index contributed by atoms with van der Waals surface area (Å²) in [5.41, 5.74) is 1.72. The molecule has 108 valence electrons. The fourth-order valence-electron chi connectivity index (χ4n) is 2.79. The monoisotopic (exact) mass is 339 g/mol. The molecule has 0 aromatic heterocycles. The highest BCUT2D eigenvalue weighted by molar-refractivity contribution is 9.10. The molecule has 1 saturated carbocycles. The van der Waals surface area contributed by atoms with Crippen molar-refractivity contribution >= 4 is 22.0 Å². The van der Waals surface area contributed by atoms with Crippen molar-refractivity contribution in [3.8, 4) is 11.5 Å². The van der Waals surface area contributed by atoms with E-state index in [9.17, 15) is 4.79 Å². The normalized spacial score (nSPS) is 16.0. The van der Waals surface area contributed by atoms with E-state index >= 15 is 0 Å². The summed E-state index contributed by atoms with van der Waals surface area (Å²) in [6.45, 7) is 2.08. The summed E-state index contributed by atoms with van der Waals surface area (Å²) in [7, 11) is 3.22. The molecule has 0 spiro atoms. The Kier molecular flexibility index (Phi) is 4.51. The molecule has 4 nitrogen and oxygen atoms in total. The van der Waals surface area contributed by atoms with Gasteiger partial charge in [0.05, 0.1) is 24.2 Å². The number of halogens is 1. The Balaban J connectivity index is 2.69. The lowest BCUT2D eigenvalue weighted by Gasteiger charge is -2.39. The lowest BCUT2D eigenvalue weighted by molar-refractivity contribution is 0.252. The third-order valence-electron chi connectivity index (χ3n) is 4.01. The lowest BCUT2D eigenvalue weighted by Crippen LogP contribution is -2.33. The van der Waals surface area contributed by atoms with Gasteiger partial charge in [0, 0.05) is 0 Å². The van der Waals surface area contributed by atoms with Gasteiger partial charge in [-0.25, -0.2) is 4.79 Å². The van der Waals surface area contributed by atoms with Gasteiger partial charge < -0.3 is 9.47 Å². The number of hydrogen-bond acceptors (Lipinski definition) is 4. The molecular weight excluding hydrogens is 322 g/mol. The van der Waals surface area contributed by atoms with Crippen molar-refractivity contribution in [3.63, 3.8) is 0 Å². The largest absolute Gasteiger partial charge is 0.493 e. The molecule has 20 heavy (non-hydrogen) atoms. The molecule has 1 aliphatic carbocycles. The van der Waals surface area contributed by atoms with Gasteiger partial charge in [-0.05, 0) is 58.8 Å². The highest BCUT2D eigenvalue weighted by Crippen LogP contribution is 2.51. The van der Waals surface area contributed by atoms with Crippen LogP contribution in [0.2, 0.25) is 0 Å². The highest BCUT2D eigenvalue weighted by atomic mass is 79.9. The van der Waals surface area contributed by atoms with Crippen LogP contribution in [0.4, 0.5) is 0 Å². The van der Waals surface area contributed by atoms with Crippen LogP contribution < -0.4 is 9.47 Å². The molecule has 1 aliphatic rings. The summed E-state index contributed by atoms with van der Waals surface area (Å²) in [5.74, 6) is 1.33. The molecule has 1 fully saturated rings. The zero-order valence-corrected chi connectivity index (χ0v) is 13.5. The predicted molar refractivity (Wildman–Crippen MR) is 80.3 cm³/mol. The molecule has 0 heterocycles. The number of rotatable bonds is 5. The first-order valence-corrected chi connectivity index (χ1v) is 7.45. The summed E-state index contributed by atoms with van der Waals surface area (Å²) in [4.78, 5) is 14.9. The average molecular weight is 340 g/mol. The van der Waals surface area contributed by atoms with Crippen molar-refractivity contribution in [2.45, 2.75) is 38.1 Å². The third-order valence-corrected chi connectivity index (χ3v) is 4.85. The van der Waals surface area contributed by atoms with Gasteiger partial charge in [0.25, 0.3) is 0 Å². The van der Waals surface area contributed by atoms with Crippen LogP contribution >= 0.6 is 15.9 Å². The molecule has 0 radical (unpaired) electrons. The lowest BCUT2D eigenvalue weighted by atomic mass is 9.70. The van der Waals surface area contributed by atoms with E-state index in [1.165, 1.54) is 0 Å². The summed E-state index contributed by atoms with van der Waals surface area (Å²) in [6.07, 6.45) is 5.37. The van der Waals surface area contributed by atoms with Gasteiger partial charge in [0.15, 0.2) is 11.5 Å². The van der Waals surface area contributed by atoms with Crippen LogP contribution in [-0.4, -0.2) is 20.3 Å². The fraction of sp³-hybridized carbons (Fsp3) is 0.533. The van der Waals surface area contributed by atoms with E-state index in [2.05, 4.69) is 27.8 Å². The van der Waals surface area contributed by atoms with Crippen molar-refractivity contribution in [1.29, 1.82) is 0 Å². The number of isocyanates is 1. The second kappa shape index (κ2) is 5.98. The summed E-state index contributed by atoms with van der Waals surface area (Å²) < 4.78 is 11.7. The van der Waals surface area contributed by atoms with Crippen molar-refractivity contribution in [3.05, 3.63) is 21.7 Å². The molecule has 0 saturated heterocycles. The van der Waals surface area contributed by atoms with Crippen molar-refractivity contribution in [1.82, 2.24) is 0 Å². The van der Waals surface area contributed by atoms with Gasteiger partial charge in [-0.3, -0.25) is 0 Å². The fourth-order valence-corrected chi connectivity index (χ4v) is 3.64. The Morgan fingerprint density at radius 3 is 2.50 bits per heavy atom. The van der Waals surface area contributed by atoms with Crippen LogP contribution in [0.3, 0.4) is 0 Å². The topological polar surface area (TPSA) is 47.9 Å². The Morgan fingerprint density at radius 2 is 2.10 bits per heavy atom. The second-order valence-electron chi connectivity index (χ2n) is 4.89. The Morgan fingerprint density at radius 1 is 1.40 bits per heavy atom. The van der Waals surface area contributed by atoms with Crippen LogP contribution in [0.5, 0.6) is 11.5 Å². The first-order chi connectivity index (χ1) is 9.63. The van der Waals surface area contributed by atoms with Gasteiger partial charge in [-0.2, -0.15) is 4.99 Å². The Hall–Kier alpha value is -1.32. The van der Waals surface area contributed by atoms with Crippen LogP contribution in [0.25, 0.3) is 0 Å². The number of benzene rings is 1. The van der Waals surface area contributed by atoms with E-state index in [4.69, 9.17) is 9.47 Å².